The predicted molar refractivity (Wildman–Crippen MR) is 75.7 cm³/mol. The van der Waals surface area contributed by atoms with E-state index in [4.69, 9.17) is 0 Å². The summed E-state index contributed by atoms with van der Waals surface area (Å²) in [5.74, 6) is -1.86. The molecule has 1 rings (SSSR count). The molecule has 1 amide bonds. The first-order chi connectivity index (χ1) is 9.85. The van der Waals surface area contributed by atoms with Gasteiger partial charge in [-0.3, -0.25) is 19.1 Å². The van der Waals surface area contributed by atoms with Crippen LogP contribution >= 0.6 is 0 Å². The fourth-order valence-electron chi connectivity index (χ4n) is 1.76. The summed E-state index contributed by atoms with van der Waals surface area (Å²) in [4.78, 5) is 35.5. The average molecular weight is 295 g/mol. The van der Waals surface area contributed by atoms with Gasteiger partial charge < -0.3 is 10.1 Å². The van der Waals surface area contributed by atoms with Gasteiger partial charge in [0.15, 0.2) is 0 Å². The highest BCUT2D eigenvalue weighted by Gasteiger charge is 2.31. The number of hydrogen-bond acceptors (Lipinski definition) is 5. The van der Waals surface area contributed by atoms with Gasteiger partial charge in [-0.05, 0) is 20.3 Å². The topological polar surface area (TPSA) is 90.3 Å². The van der Waals surface area contributed by atoms with E-state index in [1.165, 1.54) is 19.5 Å². The van der Waals surface area contributed by atoms with Crippen molar-refractivity contribution in [3.05, 3.63) is 18.0 Å². The lowest BCUT2D eigenvalue weighted by atomic mass is 9.94. The van der Waals surface area contributed by atoms with Crippen LogP contribution in [0.1, 0.15) is 44.0 Å². The second kappa shape index (κ2) is 7.01. The van der Waals surface area contributed by atoms with E-state index in [1.807, 2.05) is 13.8 Å². The molecule has 0 unspecified atom stereocenters. The van der Waals surface area contributed by atoms with Crippen molar-refractivity contribution in [2.75, 3.05) is 7.11 Å². The molecule has 0 saturated heterocycles. The van der Waals surface area contributed by atoms with Crippen LogP contribution in [0.15, 0.2) is 12.4 Å². The molecule has 0 aliphatic rings. The van der Waals surface area contributed by atoms with Gasteiger partial charge >= 0.3 is 5.97 Å². The Labute approximate surface area is 123 Å². The summed E-state index contributed by atoms with van der Waals surface area (Å²) < 4.78 is 6.17. The Balaban J connectivity index is 2.77. The van der Waals surface area contributed by atoms with Crippen LogP contribution in [0.3, 0.4) is 0 Å². The van der Waals surface area contributed by atoms with Crippen LogP contribution in [0.5, 0.6) is 0 Å². The number of esters is 1. The van der Waals surface area contributed by atoms with Gasteiger partial charge in [0.2, 0.25) is 0 Å². The van der Waals surface area contributed by atoms with Gasteiger partial charge in [0.05, 0.1) is 25.3 Å². The molecule has 0 bridgehead atoms. The molecule has 7 heteroatoms. The fraction of sp³-hybridized carbons (Fsp3) is 0.571. The van der Waals surface area contributed by atoms with Crippen molar-refractivity contribution >= 4 is 17.7 Å². The van der Waals surface area contributed by atoms with E-state index in [-0.39, 0.29) is 12.0 Å². The largest absolute Gasteiger partial charge is 0.469 e. The number of aryl methyl sites for hydroxylation is 1. The number of nitrogens with zero attached hydrogens (tertiary/aromatic N) is 2. The molecule has 1 aromatic heterocycles. The summed E-state index contributed by atoms with van der Waals surface area (Å²) in [6.07, 6.45) is 3.38. The number of ether oxygens (including phenoxy) is 1. The monoisotopic (exact) mass is 295 g/mol. The van der Waals surface area contributed by atoms with Gasteiger partial charge in [0.25, 0.3) is 11.7 Å². The summed E-state index contributed by atoms with van der Waals surface area (Å²) in [6.45, 7) is 6.02. The van der Waals surface area contributed by atoms with E-state index < -0.39 is 23.2 Å². The standard InChI is InChI=1S/C14H21N3O4/c1-5-14(3,7-11(18)21-4)16-13(20)12(19)10-8-15-17(6-2)9-10/h8-9H,5-7H2,1-4H3,(H,16,20)/t14-/m1/s1. The van der Waals surface area contributed by atoms with Gasteiger partial charge in [-0.15, -0.1) is 0 Å². The number of carbonyl (C=O) groups excluding carboxylic acids is 3. The van der Waals surface area contributed by atoms with Crippen molar-refractivity contribution < 1.29 is 19.1 Å². The zero-order valence-corrected chi connectivity index (χ0v) is 12.8. The number of nitrogens with one attached hydrogen (secondary N) is 1. The molecule has 0 spiro atoms. The van der Waals surface area contributed by atoms with Crippen LogP contribution in [0.4, 0.5) is 0 Å². The molecule has 1 heterocycles. The zero-order valence-electron chi connectivity index (χ0n) is 12.8. The van der Waals surface area contributed by atoms with Crippen molar-refractivity contribution in [2.45, 2.75) is 45.7 Å². The van der Waals surface area contributed by atoms with Crippen molar-refractivity contribution in [3.63, 3.8) is 0 Å². The summed E-state index contributed by atoms with van der Waals surface area (Å²) in [7, 11) is 1.28. The maximum atomic E-state index is 12.0. The van der Waals surface area contributed by atoms with Crippen LogP contribution < -0.4 is 5.32 Å². The maximum Gasteiger partial charge on any atom is 0.307 e. The summed E-state index contributed by atoms with van der Waals surface area (Å²) in [5, 5.41) is 6.57. The summed E-state index contributed by atoms with van der Waals surface area (Å²) >= 11 is 0. The smallest absolute Gasteiger partial charge is 0.307 e. The van der Waals surface area contributed by atoms with Crippen LogP contribution in [-0.4, -0.2) is 40.1 Å². The van der Waals surface area contributed by atoms with E-state index in [1.54, 1.807) is 11.6 Å². The molecule has 0 aliphatic heterocycles. The minimum absolute atomic E-state index is 0.00718. The Morgan fingerprint density at radius 1 is 1.38 bits per heavy atom. The highest BCUT2D eigenvalue weighted by atomic mass is 16.5. The van der Waals surface area contributed by atoms with Crippen LogP contribution in [-0.2, 0) is 20.9 Å². The SMILES string of the molecule is CCn1cc(C(=O)C(=O)N[C@](C)(CC)CC(=O)OC)cn1. The number of methoxy groups -OCH3 is 1. The summed E-state index contributed by atoms with van der Waals surface area (Å²) in [6, 6.07) is 0. The number of hydrogen-bond donors (Lipinski definition) is 1. The third kappa shape index (κ3) is 4.40. The Morgan fingerprint density at radius 3 is 2.52 bits per heavy atom. The molecule has 0 radical (unpaired) electrons. The van der Waals surface area contributed by atoms with Gasteiger partial charge in [-0.25, -0.2) is 0 Å². The molecule has 0 saturated carbocycles. The molecule has 1 atom stereocenters. The van der Waals surface area contributed by atoms with Gasteiger partial charge in [-0.1, -0.05) is 6.92 Å². The Bertz CT molecular complexity index is 538. The van der Waals surface area contributed by atoms with Crippen molar-refractivity contribution in [2.24, 2.45) is 0 Å². The van der Waals surface area contributed by atoms with Crippen molar-refractivity contribution in [1.29, 1.82) is 0 Å². The lowest BCUT2D eigenvalue weighted by Gasteiger charge is -2.27. The van der Waals surface area contributed by atoms with Gasteiger partial charge in [0, 0.05) is 18.3 Å². The first kappa shape index (κ1) is 16.9. The quantitative estimate of drug-likeness (QED) is 0.459. The van der Waals surface area contributed by atoms with Crippen LogP contribution in [0.25, 0.3) is 0 Å². The van der Waals surface area contributed by atoms with Crippen LogP contribution in [0, 0.1) is 0 Å². The number of aromatic nitrogens is 2. The molecule has 0 aromatic carbocycles. The van der Waals surface area contributed by atoms with Gasteiger partial charge in [0.1, 0.15) is 0 Å². The normalized spacial score (nSPS) is 13.3. The van der Waals surface area contributed by atoms with E-state index >= 15 is 0 Å². The maximum absolute atomic E-state index is 12.0. The minimum atomic E-state index is -0.819. The molecular formula is C14H21N3O4. The number of Topliss-reactive ketones (excluding diaryl/α,β-unsaturated/α-hetero) is 1. The van der Waals surface area contributed by atoms with Crippen molar-refractivity contribution in [3.8, 4) is 0 Å². The molecule has 0 aliphatic carbocycles. The third-order valence-corrected chi connectivity index (χ3v) is 3.38. The number of ketones is 1. The number of amides is 1. The molecule has 1 aromatic rings. The molecule has 21 heavy (non-hydrogen) atoms. The van der Waals surface area contributed by atoms with E-state index in [0.717, 1.165) is 0 Å². The molecule has 116 valence electrons. The highest BCUT2D eigenvalue weighted by molar-refractivity contribution is 6.42. The second-order valence-corrected chi connectivity index (χ2v) is 5.04. The molecule has 0 fully saturated rings. The molecule has 7 nitrogen and oxygen atoms in total. The predicted octanol–water partition coefficient (Wildman–Crippen LogP) is 0.934. The first-order valence-electron chi connectivity index (χ1n) is 6.81. The van der Waals surface area contributed by atoms with Gasteiger partial charge in [-0.2, -0.15) is 5.10 Å². The van der Waals surface area contributed by atoms with Crippen molar-refractivity contribution in [1.82, 2.24) is 15.1 Å². The lowest BCUT2D eigenvalue weighted by molar-refractivity contribution is -0.142. The first-order valence-corrected chi connectivity index (χ1v) is 6.81. The molecule has 1 N–H and O–H groups in total. The van der Waals surface area contributed by atoms with Crippen LogP contribution in [0.2, 0.25) is 0 Å². The average Bonchev–Trinajstić information content (AvgIpc) is 2.94. The highest BCUT2D eigenvalue weighted by Crippen LogP contribution is 2.15. The Kier molecular flexibility index (Phi) is 5.63. The lowest BCUT2D eigenvalue weighted by Crippen LogP contribution is -2.49. The Morgan fingerprint density at radius 2 is 2.05 bits per heavy atom. The van der Waals surface area contributed by atoms with E-state index in [0.29, 0.717) is 13.0 Å². The number of carbonyl (C=O) groups is 3. The van der Waals surface area contributed by atoms with E-state index in [2.05, 4.69) is 15.2 Å². The molecular weight excluding hydrogens is 274 g/mol. The fourth-order valence-corrected chi connectivity index (χ4v) is 1.76. The zero-order chi connectivity index (χ0) is 16.0. The summed E-state index contributed by atoms with van der Waals surface area (Å²) in [5.41, 5.74) is -0.591. The minimum Gasteiger partial charge on any atom is -0.469 e. The number of rotatable bonds is 7. The second-order valence-electron chi connectivity index (χ2n) is 5.04. The third-order valence-electron chi connectivity index (χ3n) is 3.38. The van der Waals surface area contributed by atoms with E-state index in [9.17, 15) is 14.4 Å². The Hall–Kier alpha value is -2.18.